The van der Waals surface area contributed by atoms with Crippen molar-refractivity contribution in [3.63, 3.8) is 0 Å². The van der Waals surface area contributed by atoms with E-state index in [0.717, 1.165) is 38.0 Å². The Balaban J connectivity index is 2.02. The molecule has 1 aliphatic heterocycles. The lowest BCUT2D eigenvalue weighted by Gasteiger charge is -2.28. The van der Waals surface area contributed by atoms with E-state index in [1.165, 1.54) is 11.1 Å². The standard InChI is InChI=1S/C22H27N7O2/c1-4-31-16-24-21(28-13-9-6-10-14-28)19(15-23)25-26-20-17(2)27(3)29(22(20)30)18-11-7-5-8-12-18/h5,7-8,11-12,16H,4,6,9-10,13-14H2,1-3H3/b21-19-,24-16+,26-25?. The van der Waals surface area contributed by atoms with Crippen molar-refractivity contribution in [2.75, 3.05) is 19.7 Å². The summed E-state index contributed by atoms with van der Waals surface area (Å²) >= 11 is 0. The summed E-state index contributed by atoms with van der Waals surface area (Å²) in [6.45, 7) is 5.69. The van der Waals surface area contributed by atoms with Crippen LogP contribution in [0, 0.1) is 18.3 Å². The summed E-state index contributed by atoms with van der Waals surface area (Å²) in [4.78, 5) is 19.4. The molecule has 0 radical (unpaired) electrons. The van der Waals surface area contributed by atoms with Crippen molar-refractivity contribution in [2.45, 2.75) is 33.1 Å². The minimum atomic E-state index is -0.301. The van der Waals surface area contributed by atoms with Crippen molar-refractivity contribution < 1.29 is 4.74 Å². The first-order chi connectivity index (χ1) is 15.1. The quantitative estimate of drug-likeness (QED) is 0.294. The number of benzene rings is 1. The Labute approximate surface area is 181 Å². The van der Waals surface area contributed by atoms with Crippen molar-refractivity contribution >= 4 is 12.1 Å². The first kappa shape index (κ1) is 22.0. The summed E-state index contributed by atoms with van der Waals surface area (Å²) in [7, 11) is 1.79. The molecule has 1 aliphatic rings. The number of hydrogen-bond donors (Lipinski definition) is 0. The van der Waals surface area contributed by atoms with Crippen LogP contribution in [-0.4, -0.2) is 40.4 Å². The minimum Gasteiger partial charge on any atom is -0.483 e. The number of nitrogens with zero attached hydrogens (tertiary/aromatic N) is 7. The van der Waals surface area contributed by atoms with Crippen LogP contribution in [-0.2, 0) is 11.8 Å². The van der Waals surface area contributed by atoms with Crippen LogP contribution in [0.4, 0.5) is 5.69 Å². The number of azo groups is 1. The van der Waals surface area contributed by atoms with E-state index in [1.54, 1.807) is 18.7 Å². The van der Waals surface area contributed by atoms with Crippen LogP contribution in [0.1, 0.15) is 31.9 Å². The highest BCUT2D eigenvalue weighted by Gasteiger charge is 2.19. The summed E-state index contributed by atoms with van der Waals surface area (Å²) in [5.41, 5.74) is 1.31. The second kappa shape index (κ2) is 10.4. The summed E-state index contributed by atoms with van der Waals surface area (Å²) in [5, 5.41) is 18.1. The van der Waals surface area contributed by atoms with Gasteiger partial charge in [-0.25, -0.2) is 9.67 Å². The van der Waals surface area contributed by atoms with E-state index < -0.39 is 0 Å². The van der Waals surface area contributed by atoms with Gasteiger partial charge in [0.15, 0.2) is 17.9 Å². The zero-order chi connectivity index (χ0) is 22.2. The van der Waals surface area contributed by atoms with Crippen molar-refractivity contribution in [1.82, 2.24) is 14.3 Å². The van der Waals surface area contributed by atoms with Gasteiger partial charge in [-0.3, -0.25) is 9.48 Å². The fourth-order valence-corrected chi connectivity index (χ4v) is 3.45. The number of piperidine rings is 1. The average Bonchev–Trinajstić information content (AvgIpc) is 3.02. The summed E-state index contributed by atoms with van der Waals surface area (Å²) in [5.74, 6) is 0.413. The molecule has 0 atom stereocenters. The van der Waals surface area contributed by atoms with E-state index in [0.29, 0.717) is 18.1 Å². The van der Waals surface area contributed by atoms with Crippen LogP contribution in [0.5, 0.6) is 0 Å². The molecule has 1 saturated heterocycles. The van der Waals surface area contributed by atoms with Crippen LogP contribution >= 0.6 is 0 Å². The molecule has 3 rings (SSSR count). The Morgan fingerprint density at radius 2 is 1.94 bits per heavy atom. The Hall–Kier alpha value is -3.67. The van der Waals surface area contributed by atoms with Gasteiger partial charge in [-0.2, -0.15) is 5.26 Å². The fraction of sp³-hybridized carbons (Fsp3) is 0.409. The number of likely N-dealkylation sites (tertiary alicyclic amines) is 1. The van der Waals surface area contributed by atoms with Crippen LogP contribution in [0.15, 0.2) is 61.9 Å². The number of ether oxygens (including phenoxy) is 1. The Kier molecular flexibility index (Phi) is 7.38. The second-order valence-electron chi connectivity index (χ2n) is 7.13. The summed E-state index contributed by atoms with van der Waals surface area (Å²) < 4.78 is 8.48. The number of rotatable bonds is 7. The SMILES string of the molecule is CCO/C=N/C(=C(\C#N)N=Nc1c(C)n(C)n(-c2ccccc2)c1=O)N1CCCCC1. The topological polar surface area (TPSA) is 100 Å². The molecular weight excluding hydrogens is 394 g/mol. The predicted octanol–water partition coefficient (Wildman–Crippen LogP) is 3.81. The van der Waals surface area contributed by atoms with Gasteiger partial charge in [0.05, 0.1) is 18.0 Å². The van der Waals surface area contributed by atoms with Crippen molar-refractivity contribution in [3.05, 3.63) is 57.9 Å². The van der Waals surface area contributed by atoms with Gasteiger partial charge in [0, 0.05) is 20.1 Å². The average molecular weight is 422 g/mol. The molecular formula is C22H27N7O2. The predicted molar refractivity (Wildman–Crippen MR) is 118 cm³/mol. The molecule has 0 bridgehead atoms. The first-order valence-corrected chi connectivity index (χ1v) is 10.4. The highest BCUT2D eigenvalue weighted by Crippen LogP contribution is 2.22. The van der Waals surface area contributed by atoms with Gasteiger partial charge in [-0.05, 0) is 45.2 Å². The molecule has 162 valence electrons. The van der Waals surface area contributed by atoms with Crippen molar-refractivity contribution in [3.8, 4) is 11.8 Å². The maximum absolute atomic E-state index is 13.0. The molecule has 0 amide bonds. The molecule has 9 nitrogen and oxygen atoms in total. The van der Waals surface area contributed by atoms with Gasteiger partial charge >= 0.3 is 0 Å². The van der Waals surface area contributed by atoms with E-state index in [4.69, 9.17) is 4.74 Å². The minimum absolute atomic E-state index is 0.0479. The van der Waals surface area contributed by atoms with E-state index in [2.05, 4.69) is 21.3 Å². The van der Waals surface area contributed by atoms with Gasteiger partial charge in [-0.1, -0.05) is 18.2 Å². The third-order valence-corrected chi connectivity index (χ3v) is 5.16. The fourth-order valence-electron chi connectivity index (χ4n) is 3.45. The molecule has 0 aliphatic carbocycles. The third kappa shape index (κ3) is 4.91. The number of hydrogen-bond acceptors (Lipinski definition) is 7. The smallest absolute Gasteiger partial charge is 0.299 e. The molecule has 9 heteroatoms. The lowest BCUT2D eigenvalue weighted by molar-refractivity contribution is 0.277. The largest absolute Gasteiger partial charge is 0.483 e. The number of nitriles is 1. The van der Waals surface area contributed by atoms with Crippen LogP contribution in [0.25, 0.3) is 5.69 Å². The molecule has 1 aromatic heterocycles. The maximum Gasteiger partial charge on any atom is 0.299 e. The zero-order valence-corrected chi connectivity index (χ0v) is 18.2. The summed E-state index contributed by atoms with van der Waals surface area (Å²) in [6, 6.07) is 11.4. The molecule has 1 aromatic carbocycles. The Morgan fingerprint density at radius 3 is 2.58 bits per heavy atom. The highest BCUT2D eigenvalue weighted by atomic mass is 16.5. The third-order valence-electron chi connectivity index (χ3n) is 5.16. The van der Waals surface area contributed by atoms with Gasteiger partial charge in [0.1, 0.15) is 6.07 Å². The molecule has 2 heterocycles. The van der Waals surface area contributed by atoms with Crippen LogP contribution < -0.4 is 5.56 Å². The molecule has 0 unspecified atom stereocenters. The zero-order valence-electron chi connectivity index (χ0n) is 18.2. The van der Waals surface area contributed by atoms with E-state index >= 15 is 0 Å². The maximum atomic E-state index is 13.0. The molecule has 31 heavy (non-hydrogen) atoms. The van der Waals surface area contributed by atoms with Gasteiger partial charge in [0.25, 0.3) is 5.56 Å². The number of aliphatic imine (C=N–C) groups is 1. The summed E-state index contributed by atoms with van der Waals surface area (Å²) in [6.07, 6.45) is 4.50. The highest BCUT2D eigenvalue weighted by molar-refractivity contribution is 5.50. The van der Waals surface area contributed by atoms with Gasteiger partial charge in [-0.15, -0.1) is 10.2 Å². The number of allylic oxidation sites excluding steroid dienone is 1. The van der Waals surface area contributed by atoms with Crippen LogP contribution in [0.2, 0.25) is 0 Å². The first-order valence-electron chi connectivity index (χ1n) is 10.4. The van der Waals surface area contributed by atoms with Gasteiger partial charge in [0.2, 0.25) is 5.70 Å². The lowest BCUT2D eigenvalue weighted by atomic mass is 10.1. The number of aromatic nitrogens is 2. The second-order valence-corrected chi connectivity index (χ2v) is 7.13. The van der Waals surface area contributed by atoms with E-state index in [1.807, 2.05) is 42.2 Å². The normalized spacial score (nSPS) is 15.4. The van der Waals surface area contributed by atoms with E-state index in [-0.39, 0.29) is 16.9 Å². The molecule has 1 fully saturated rings. The lowest BCUT2D eigenvalue weighted by Crippen LogP contribution is -2.29. The van der Waals surface area contributed by atoms with Crippen molar-refractivity contribution in [1.29, 1.82) is 5.26 Å². The molecule has 0 N–H and O–H groups in total. The Morgan fingerprint density at radius 1 is 1.23 bits per heavy atom. The van der Waals surface area contributed by atoms with E-state index in [9.17, 15) is 10.1 Å². The molecule has 0 spiro atoms. The Bertz CT molecular complexity index is 1080. The molecule has 0 saturated carbocycles. The van der Waals surface area contributed by atoms with Crippen LogP contribution in [0.3, 0.4) is 0 Å². The molecule has 2 aromatic rings. The van der Waals surface area contributed by atoms with Crippen molar-refractivity contribution in [2.24, 2.45) is 22.3 Å². The van der Waals surface area contributed by atoms with Gasteiger partial charge < -0.3 is 9.64 Å². The number of para-hydroxylation sites is 1. The monoisotopic (exact) mass is 421 g/mol.